The van der Waals surface area contributed by atoms with Gasteiger partial charge < -0.3 is 5.11 Å². The minimum Gasteiger partial charge on any atom is -0.481 e. The zero-order chi connectivity index (χ0) is 13.8. The third kappa shape index (κ3) is 3.65. The first-order valence-corrected chi connectivity index (χ1v) is 7.69. The van der Waals surface area contributed by atoms with Crippen molar-refractivity contribution >= 4 is 57.6 Å². The number of thioether (sulfide) groups is 1. The van der Waals surface area contributed by atoms with Gasteiger partial charge in [-0.1, -0.05) is 30.0 Å². The van der Waals surface area contributed by atoms with Gasteiger partial charge in [-0.3, -0.25) is 14.5 Å². The SMILES string of the molecule is O=C(O)CCCN1C(=O)C(=Cc2cccs2)SC1=S. The molecule has 1 saturated heterocycles. The third-order valence-corrected chi connectivity index (χ3v) is 4.66. The molecule has 1 aromatic rings. The highest BCUT2D eigenvalue weighted by atomic mass is 32.2. The summed E-state index contributed by atoms with van der Waals surface area (Å²) in [6, 6.07) is 3.85. The Hall–Kier alpha value is -1.18. The lowest BCUT2D eigenvalue weighted by atomic mass is 10.3. The quantitative estimate of drug-likeness (QED) is 0.669. The highest BCUT2D eigenvalue weighted by molar-refractivity contribution is 8.26. The van der Waals surface area contributed by atoms with E-state index in [1.165, 1.54) is 16.7 Å². The maximum absolute atomic E-state index is 12.1. The van der Waals surface area contributed by atoms with Gasteiger partial charge in [0, 0.05) is 17.8 Å². The molecule has 0 unspecified atom stereocenters. The number of rotatable bonds is 5. The maximum atomic E-state index is 12.1. The second-order valence-electron chi connectivity index (χ2n) is 3.85. The van der Waals surface area contributed by atoms with Crippen LogP contribution in [0.1, 0.15) is 17.7 Å². The molecule has 100 valence electrons. The van der Waals surface area contributed by atoms with Gasteiger partial charge in [0.15, 0.2) is 0 Å². The number of nitrogens with zero attached hydrogens (tertiary/aromatic N) is 1. The molecular weight excluding hydrogens is 302 g/mol. The van der Waals surface area contributed by atoms with Gasteiger partial charge in [-0.05, 0) is 23.9 Å². The standard InChI is InChI=1S/C12H11NO3S3/c14-10(15)4-1-5-13-11(16)9(19-12(13)17)7-8-3-2-6-18-8/h2-3,6-7H,1,4-5H2,(H,14,15). The number of carboxylic acid groups (broad SMARTS) is 1. The average molecular weight is 313 g/mol. The molecule has 19 heavy (non-hydrogen) atoms. The van der Waals surface area contributed by atoms with Crippen LogP contribution in [0.15, 0.2) is 22.4 Å². The van der Waals surface area contributed by atoms with Crippen molar-refractivity contribution in [2.45, 2.75) is 12.8 Å². The van der Waals surface area contributed by atoms with E-state index in [0.717, 1.165) is 4.88 Å². The second kappa shape index (κ2) is 6.31. The molecule has 4 nitrogen and oxygen atoms in total. The monoisotopic (exact) mass is 313 g/mol. The summed E-state index contributed by atoms with van der Waals surface area (Å²) in [5.74, 6) is -0.992. The van der Waals surface area contributed by atoms with Crippen LogP contribution in [0.25, 0.3) is 6.08 Å². The van der Waals surface area contributed by atoms with Crippen LogP contribution in [0, 0.1) is 0 Å². The maximum Gasteiger partial charge on any atom is 0.303 e. The van der Waals surface area contributed by atoms with Gasteiger partial charge in [0.1, 0.15) is 4.32 Å². The summed E-state index contributed by atoms with van der Waals surface area (Å²) in [6.45, 7) is 0.360. The summed E-state index contributed by atoms with van der Waals surface area (Å²) in [5.41, 5.74) is 0. The number of thiophene rings is 1. The van der Waals surface area contributed by atoms with Crippen LogP contribution in [-0.2, 0) is 9.59 Å². The molecule has 7 heteroatoms. The normalized spacial score (nSPS) is 17.5. The first kappa shape index (κ1) is 14.2. The van der Waals surface area contributed by atoms with Gasteiger partial charge in [0.05, 0.1) is 4.91 Å². The molecule has 0 aliphatic carbocycles. The molecule has 1 aliphatic rings. The number of aliphatic carboxylic acids is 1. The van der Waals surface area contributed by atoms with Crippen molar-refractivity contribution in [3.63, 3.8) is 0 Å². The van der Waals surface area contributed by atoms with Gasteiger partial charge in [-0.25, -0.2) is 0 Å². The van der Waals surface area contributed by atoms with Crippen molar-refractivity contribution in [2.24, 2.45) is 0 Å². The number of carbonyl (C=O) groups is 2. The van der Waals surface area contributed by atoms with E-state index < -0.39 is 5.97 Å². The summed E-state index contributed by atoms with van der Waals surface area (Å²) in [5, 5.41) is 10.5. The van der Waals surface area contributed by atoms with Gasteiger partial charge in [0.2, 0.25) is 0 Å². The third-order valence-electron chi connectivity index (χ3n) is 2.46. The van der Waals surface area contributed by atoms with E-state index >= 15 is 0 Å². The van der Waals surface area contributed by atoms with E-state index in [0.29, 0.717) is 22.2 Å². The largest absolute Gasteiger partial charge is 0.481 e. The Morgan fingerprint density at radius 3 is 2.95 bits per heavy atom. The van der Waals surface area contributed by atoms with Gasteiger partial charge in [0.25, 0.3) is 5.91 Å². The summed E-state index contributed by atoms with van der Waals surface area (Å²) in [4.78, 5) is 25.7. The van der Waals surface area contributed by atoms with Crippen LogP contribution in [0.5, 0.6) is 0 Å². The Morgan fingerprint density at radius 2 is 2.32 bits per heavy atom. The van der Waals surface area contributed by atoms with Crippen LogP contribution >= 0.6 is 35.3 Å². The lowest BCUT2D eigenvalue weighted by Crippen LogP contribution is -2.29. The number of hydrogen-bond acceptors (Lipinski definition) is 5. The van der Waals surface area contributed by atoms with E-state index in [9.17, 15) is 9.59 Å². The number of thiocarbonyl (C=S) groups is 1. The minimum absolute atomic E-state index is 0.0427. The molecule has 0 spiro atoms. The smallest absolute Gasteiger partial charge is 0.303 e. The Morgan fingerprint density at radius 1 is 1.53 bits per heavy atom. The van der Waals surface area contributed by atoms with Crippen LogP contribution < -0.4 is 0 Å². The highest BCUT2D eigenvalue weighted by Crippen LogP contribution is 2.33. The molecule has 1 aromatic heterocycles. The fourth-order valence-electron chi connectivity index (χ4n) is 1.58. The van der Waals surface area contributed by atoms with E-state index in [-0.39, 0.29) is 12.3 Å². The zero-order valence-electron chi connectivity index (χ0n) is 9.87. The highest BCUT2D eigenvalue weighted by Gasteiger charge is 2.31. The number of carbonyl (C=O) groups excluding carboxylic acids is 1. The second-order valence-corrected chi connectivity index (χ2v) is 6.50. The van der Waals surface area contributed by atoms with Crippen LogP contribution in [0.2, 0.25) is 0 Å². The molecule has 0 radical (unpaired) electrons. The van der Waals surface area contributed by atoms with Gasteiger partial charge in [-0.2, -0.15) is 0 Å². The van der Waals surface area contributed by atoms with E-state index in [1.54, 1.807) is 11.3 Å². The molecule has 1 amide bonds. The summed E-state index contributed by atoms with van der Waals surface area (Å²) in [6.07, 6.45) is 2.27. The fourth-order valence-corrected chi connectivity index (χ4v) is 3.62. The number of amides is 1. The first-order chi connectivity index (χ1) is 9.08. The Labute approximate surface area is 124 Å². The summed E-state index contributed by atoms with van der Waals surface area (Å²) in [7, 11) is 0. The number of carboxylic acids is 1. The first-order valence-electron chi connectivity index (χ1n) is 5.58. The van der Waals surface area contributed by atoms with Crippen molar-refractivity contribution in [1.82, 2.24) is 4.90 Å². The Bertz CT molecular complexity index is 536. The summed E-state index contributed by atoms with van der Waals surface area (Å²) < 4.78 is 0.498. The molecule has 1 aliphatic heterocycles. The van der Waals surface area contributed by atoms with Crippen molar-refractivity contribution in [2.75, 3.05) is 6.54 Å². The van der Waals surface area contributed by atoms with Crippen LogP contribution in [-0.4, -0.2) is 32.7 Å². The predicted octanol–water partition coefficient (Wildman–Crippen LogP) is 2.81. The molecular formula is C12H11NO3S3. The molecule has 0 saturated carbocycles. The van der Waals surface area contributed by atoms with Crippen molar-refractivity contribution in [3.8, 4) is 0 Å². The fraction of sp³-hybridized carbons (Fsp3) is 0.250. The Kier molecular flexibility index (Phi) is 4.73. The van der Waals surface area contributed by atoms with Gasteiger partial charge >= 0.3 is 5.97 Å². The van der Waals surface area contributed by atoms with Crippen LogP contribution in [0.3, 0.4) is 0 Å². The van der Waals surface area contributed by atoms with Crippen molar-refractivity contribution in [3.05, 3.63) is 27.3 Å². The van der Waals surface area contributed by atoms with Crippen molar-refractivity contribution < 1.29 is 14.7 Å². The Balaban J connectivity index is 2.02. The van der Waals surface area contributed by atoms with E-state index in [1.807, 2.05) is 23.6 Å². The lowest BCUT2D eigenvalue weighted by Gasteiger charge is -2.13. The molecule has 0 atom stereocenters. The molecule has 0 bridgehead atoms. The molecule has 2 heterocycles. The number of hydrogen-bond donors (Lipinski definition) is 1. The molecule has 1 fully saturated rings. The van der Waals surface area contributed by atoms with Crippen LogP contribution in [0.4, 0.5) is 0 Å². The predicted molar refractivity (Wildman–Crippen MR) is 81.1 cm³/mol. The summed E-state index contributed by atoms with van der Waals surface area (Å²) >= 11 is 7.97. The topological polar surface area (TPSA) is 57.6 Å². The molecule has 0 aromatic carbocycles. The molecule has 1 N–H and O–H groups in total. The van der Waals surface area contributed by atoms with Gasteiger partial charge in [-0.15, -0.1) is 11.3 Å². The zero-order valence-corrected chi connectivity index (χ0v) is 12.3. The van der Waals surface area contributed by atoms with Crippen molar-refractivity contribution in [1.29, 1.82) is 0 Å². The van der Waals surface area contributed by atoms with E-state index in [2.05, 4.69) is 0 Å². The molecule has 2 rings (SSSR count). The average Bonchev–Trinajstić information content (AvgIpc) is 2.93. The minimum atomic E-state index is -0.862. The van der Waals surface area contributed by atoms with E-state index in [4.69, 9.17) is 17.3 Å². The lowest BCUT2D eigenvalue weighted by molar-refractivity contribution is -0.137.